The predicted molar refractivity (Wildman–Crippen MR) is 126 cm³/mol. The van der Waals surface area contributed by atoms with Gasteiger partial charge in [0.1, 0.15) is 24.7 Å². The third kappa shape index (κ3) is 6.69. The van der Waals surface area contributed by atoms with Gasteiger partial charge >= 0.3 is 0 Å². The number of nitrogens with zero attached hydrogens (tertiary/aromatic N) is 2. The highest BCUT2D eigenvalue weighted by atomic mass is 32.1. The number of hydrogen-bond acceptors (Lipinski definition) is 7. The molecule has 1 aromatic carbocycles. The first-order valence-electron chi connectivity index (χ1n) is 11.0. The third-order valence-electron chi connectivity index (χ3n) is 5.59. The molecule has 1 aromatic heterocycles. The van der Waals surface area contributed by atoms with E-state index in [0.717, 1.165) is 12.0 Å². The Kier molecular flexibility index (Phi) is 9.53. The highest BCUT2D eigenvalue weighted by Gasteiger charge is 2.33. The molecule has 1 atom stereocenters. The van der Waals surface area contributed by atoms with Crippen molar-refractivity contribution in [2.75, 3.05) is 60.8 Å². The van der Waals surface area contributed by atoms with Gasteiger partial charge in [-0.15, -0.1) is 11.3 Å². The highest BCUT2D eigenvalue weighted by molar-refractivity contribution is 7.10. The van der Waals surface area contributed by atoms with Crippen molar-refractivity contribution in [1.82, 2.24) is 9.80 Å². The first-order valence-corrected chi connectivity index (χ1v) is 11.8. The average Bonchev–Trinajstić information content (AvgIpc) is 3.31. The summed E-state index contributed by atoms with van der Waals surface area (Å²) in [6, 6.07) is 9.25. The van der Waals surface area contributed by atoms with Gasteiger partial charge in [0, 0.05) is 44.9 Å². The molecule has 0 spiro atoms. The minimum Gasteiger partial charge on any atom is -0.497 e. The van der Waals surface area contributed by atoms with Crippen molar-refractivity contribution in [2.45, 2.75) is 18.9 Å². The van der Waals surface area contributed by atoms with Crippen LogP contribution in [0.5, 0.6) is 11.5 Å². The predicted octanol–water partition coefficient (Wildman–Crippen LogP) is 2.77. The summed E-state index contributed by atoms with van der Waals surface area (Å²) in [7, 11) is 4.70. The molecule has 8 nitrogen and oxygen atoms in total. The summed E-state index contributed by atoms with van der Waals surface area (Å²) in [4.78, 5) is 30.6. The summed E-state index contributed by atoms with van der Waals surface area (Å²) in [5, 5.41) is 2.05. The number of carbonyl (C=O) groups excluding carboxylic acids is 2. The van der Waals surface area contributed by atoms with Crippen LogP contribution in [0.4, 0.5) is 0 Å². The second-order valence-corrected chi connectivity index (χ2v) is 8.74. The van der Waals surface area contributed by atoms with Crippen molar-refractivity contribution in [2.24, 2.45) is 0 Å². The van der Waals surface area contributed by atoms with Crippen LogP contribution in [-0.4, -0.2) is 82.4 Å². The van der Waals surface area contributed by atoms with Gasteiger partial charge in [-0.05, 0) is 42.0 Å². The van der Waals surface area contributed by atoms with E-state index in [2.05, 4.69) is 11.4 Å². The minimum atomic E-state index is -0.225. The molecular weight excluding hydrogens is 444 g/mol. The normalized spacial score (nSPS) is 15.1. The second kappa shape index (κ2) is 12.6. The molecule has 1 aliphatic rings. The van der Waals surface area contributed by atoms with Crippen LogP contribution >= 0.6 is 11.3 Å². The molecule has 2 heterocycles. The maximum atomic E-state index is 13.4. The maximum absolute atomic E-state index is 13.4. The summed E-state index contributed by atoms with van der Waals surface area (Å²) in [5.41, 5.74) is 1.11. The Morgan fingerprint density at radius 1 is 1.15 bits per heavy atom. The Hall–Kier alpha value is -2.62. The number of fused-ring (bicyclic) bond motifs is 1. The molecule has 0 saturated carbocycles. The van der Waals surface area contributed by atoms with Gasteiger partial charge in [-0.3, -0.25) is 9.59 Å². The van der Waals surface area contributed by atoms with Gasteiger partial charge in [-0.2, -0.15) is 0 Å². The smallest absolute Gasteiger partial charge is 0.249 e. The van der Waals surface area contributed by atoms with Crippen molar-refractivity contribution in [3.05, 3.63) is 46.2 Å². The zero-order valence-electron chi connectivity index (χ0n) is 19.5. The molecule has 2 amide bonds. The Morgan fingerprint density at radius 2 is 1.97 bits per heavy atom. The molecule has 0 aliphatic carbocycles. The zero-order chi connectivity index (χ0) is 23.6. The van der Waals surface area contributed by atoms with Gasteiger partial charge in [-0.1, -0.05) is 6.07 Å². The average molecular weight is 477 g/mol. The SMILES string of the molecule is COCCCN(CC(=O)N1CCc2sccc2[C@H]1COc1cccc(OC)c1)C(=O)COC. The van der Waals surface area contributed by atoms with Crippen LogP contribution in [-0.2, 0) is 25.5 Å². The molecule has 3 rings (SSSR count). The Morgan fingerprint density at radius 3 is 2.73 bits per heavy atom. The first-order chi connectivity index (χ1) is 16.1. The Balaban J connectivity index is 1.73. The summed E-state index contributed by atoms with van der Waals surface area (Å²) in [5.74, 6) is 1.08. The lowest BCUT2D eigenvalue weighted by molar-refractivity contribution is -0.144. The van der Waals surface area contributed by atoms with Crippen LogP contribution in [0.15, 0.2) is 35.7 Å². The van der Waals surface area contributed by atoms with Crippen LogP contribution in [0.1, 0.15) is 22.9 Å². The highest BCUT2D eigenvalue weighted by Crippen LogP contribution is 2.34. The number of benzene rings is 1. The number of thiophene rings is 1. The van der Waals surface area contributed by atoms with E-state index in [1.165, 1.54) is 12.0 Å². The summed E-state index contributed by atoms with van der Waals surface area (Å²) in [6.45, 7) is 1.80. The lowest BCUT2D eigenvalue weighted by atomic mass is 10.0. The van der Waals surface area contributed by atoms with Gasteiger partial charge in [-0.25, -0.2) is 0 Å². The largest absolute Gasteiger partial charge is 0.497 e. The number of hydrogen-bond donors (Lipinski definition) is 0. The maximum Gasteiger partial charge on any atom is 0.249 e. The molecule has 0 bridgehead atoms. The summed E-state index contributed by atoms with van der Waals surface area (Å²) < 4.78 is 21.5. The molecule has 180 valence electrons. The van der Waals surface area contributed by atoms with Gasteiger partial charge in [0.2, 0.25) is 11.8 Å². The van der Waals surface area contributed by atoms with Crippen LogP contribution < -0.4 is 9.47 Å². The van der Waals surface area contributed by atoms with E-state index < -0.39 is 0 Å². The number of carbonyl (C=O) groups is 2. The van der Waals surface area contributed by atoms with Crippen molar-refractivity contribution in [3.8, 4) is 11.5 Å². The lowest BCUT2D eigenvalue weighted by Gasteiger charge is -2.37. The Labute approximate surface area is 199 Å². The molecule has 0 fully saturated rings. The number of rotatable bonds is 12. The van der Waals surface area contributed by atoms with Crippen molar-refractivity contribution in [3.63, 3.8) is 0 Å². The molecule has 33 heavy (non-hydrogen) atoms. The van der Waals surface area contributed by atoms with E-state index in [9.17, 15) is 9.59 Å². The van der Waals surface area contributed by atoms with Crippen LogP contribution in [0.3, 0.4) is 0 Å². The van der Waals surface area contributed by atoms with E-state index in [1.807, 2.05) is 29.2 Å². The standard InChI is InChI=1S/C24H32N2O6S/c1-29-12-5-10-25(24(28)17-30-2)15-23(27)26-11-8-22-20(9-13-33-22)21(26)16-32-19-7-4-6-18(14-19)31-3/h4,6-7,9,13-14,21H,5,8,10-12,15-17H2,1-3H3/t21-/m1/s1. The van der Waals surface area contributed by atoms with E-state index in [-0.39, 0.29) is 31.0 Å². The molecule has 0 N–H and O–H groups in total. The van der Waals surface area contributed by atoms with E-state index in [4.69, 9.17) is 18.9 Å². The molecule has 0 radical (unpaired) electrons. The fraction of sp³-hybridized carbons (Fsp3) is 0.500. The monoisotopic (exact) mass is 476 g/mol. The van der Waals surface area contributed by atoms with Gasteiger partial charge in [0.25, 0.3) is 0 Å². The quantitative estimate of drug-likeness (QED) is 0.439. The fourth-order valence-electron chi connectivity index (χ4n) is 3.90. The third-order valence-corrected chi connectivity index (χ3v) is 6.58. The summed E-state index contributed by atoms with van der Waals surface area (Å²) in [6.07, 6.45) is 1.44. The van der Waals surface area contributed by atoms with Gasteiger partial charge in [0.15, 0.2) is 0 Å². The molecule has 0 unspecified atom stereocenters. The second-order valence-electron chi connectivity index (χ2n) is 7.74. The minimum absolute atomic E-state index is 0.00103. The molecule has 9 heteroatoms. The molecule has 1 aliphatic heterocycles. The number of methoxy groups -OCH3 is 3. The van der Waals surface area contributed by atoms with Crippen molar-refractivity contribution in [1.29, 1.82) is 0 Å². The van der Waals surface area contributed by atoms with Crippen LogP contribution in [0.25, 0.3) is 0 Å². The van der Waals surface area contributed by atoms with E-state index in [0.29, 0.717) is 44.2 Å². The van der Waals surface area contributed by atoms with Crippen molar-refractivity contribution < 1.29 is 28.5 Å². The topological polar surface area (TPSA) is 77.5 Å². The zero-order valence-corrected chi connectivity index (χ0v) is 20.3. The number of amides is 2. The summed E-state index contributed by atoms with van der Waals surface area (Å²) >= 11 is 1.70. The molecular formula is C24H32N2O6S. The van der Waals surface area contributed by atoms with Crippen molar-refractivity contribution >= 4 is 23.2 Å². The molecule has 0 saturated heterocycles. The Bertz CT molecular complexity index is 918. The van der Waals surface area contributed by atoms with Crippen LogP contribution in [0.2, 0.25) is 0 Å². The lowest BCUT2D eigenvalue weighted by Crippen LogP contribution is -2.48. The first kappa shape index (κ1) is 25.0. The number of ether oxygens (including phenoxy) is 4. The van der Waals surface area contributed by atoms with E-state index in [1.54, 1.807) is 30.5 Å². The van der Waals surface area contributed by atoms with Gasteiger partial charge < -0.3 is 28.7 Å². The fourth-order valence-corrected chi connectivity index (χ4v) is 4.83. The van der Waals surface area contributed by atoms with Gasteiger partial charge in [0.05, 0.1) is 19.7 Å². The van der Waals surface area contributed by atoms with E-state index >= 15 is 0 Å². The molecule has 2 aromatic rings. The van der Waals surface area contributed by atoms with Crippen LogP contribution in [0, 0.1) is 0 Å².